The Hall–Kier alpha value is -1.07. The fourth-order valence-electron chi connectivity index (χ4n) is 3.03. The number of aryl methyl sites for hydroxylation is 1. The highest BCUT2D eigenvalue weighted by atomic mass is 35.5. The maximum absolute atomic E-state index is 12.2. The van der Waals surface area contributed by atoms with Crippen LogP contribution < -0.4 is 0 Å². The normalized spacial score (nSPS) is 17.7. The summed E-state index contributed by atoms with van der Waals surface area (Å²) in [5.41, 5.74) is 0.646. The molecule has 0 N–H and O–H groups in total. The van der Waals surface area contributed by atoms with Gasteiger partial charge in [-0.2, -0.15) is 5.10 Å². The lowest BCUT2D eigenvalue weighted by Gasteiger charge is -2.39. The van der Waals surface area contributed by atoms with E-state index in [1.54, 1.807) is 16.7 Å². The topological polar surface area (TPSA) is 47.4 Å². The maximum atomic E-state index is 12.2. The number of methoxy groups -OCH3 is 1. The summed E-state index contributed by atoms with van der Waals surface area (Å²) in [5.74, 6) is -0.0728. The van der Waals surface area contributed by atoms with Crippen LogP contribution in [0.4, 0.5) is 0 Å². The molecule has 1 saturated carbocycles. The molecule has 118 valence electrons. The van der Waals surface area contributed by atoms with E-state index in [0.29, 0.717) is 13.1 Å². The molecular formula is C15H24ClN3O2. The third-order valence-corrected chi connectivity index (χ3v) is 4.49. The van der Waals surface area contributed by atoms with Gasteiger partial charge < -0.3 is 9.64 Å². The highest BCUT2D eigenvalue weighted by molar-refractivity contribution is 6.27. The van der Waals surface area contributed by atoms with Gasteiger partial charge in [0, 0.05) is 20.4 Å². The molecule has 21 heavy (non-hydrogen) atoms. The summed E-state index contributed by atoms with van der Waals surface area (Å²) in [6, 6.07) is 1.93. The average Bonchev–Trinajstić information content (AvgIpc) is 2.92. The highest BCUT2D eigenvalue weighted by Gasteiger charge is 2.35. The van der Waals surface area contributed by atoms with Crippen LogP contribution in [0.25, 0.3) is 0 Å². The largest absolute Gasteiger partial charge is 0.376 e. The molecule has 0 atom stereocenters. The summed E-state index contributed by atoms with van der Waals surface area (Å²) in [7, 11) is 3.62. The van der Waals surface area contributed by atoms with E-state index in [9.17, 15) is 4.79 Å². The second kappa shape index (κ2) is 7.27. The number of amides is 1. The smallest absolute Gasteiger partial charge is 0.237 e. The van der Waals surface area contributed by atoms with Crippen molar-refractivity contribution in [3.05, 3.63) is 18.0 Å². The molecular weight excluding hydrogens is 290 g/mol. The zero-order chi connectivity index (χ0) is 15.3. The third kappa shape index (κ3) is 4.20. The van der Waals surface area contributed by atoms with Gasteiger partial charge in [0.25, 0.3) is 0 Å². The van der Waals surface area contributed by atoms with Crippen LogP contribution in [0.1, 0.15) is 37.8 Å². The van der Waals surface area contributed by atoms with Crippen LogP contribution in [-0.2, 0) is 23.1 Å². The van der Waals surface area contributed by atoms with Crippen LogP contribution in [0, 0.1) is 0 Å². The molecule has 1 aromatic rings. The Kier molecular flexibility index (Phi) is 5.65. The zero-order valence-corrected chi connectivity index (χ0v) is 13.6. The molecule has 0 aromatic carbocycles. The van der Waals surface area contributed by atoms with Crippen molar-refractivity contribution in [1.82, 2.24) is 14.7 Å². The monoisotopic (exact) mass is 313 g/mol. The summed E-state index contributed by atoms with van der Waals surface area (Å²) in [6.07, 6.45) is 7.43. The third-order valence-electron chi connectivity index (χ3n) is 4.27. The predicted molar refractivity (Wildman–Crippen MR) is 82.2 cm³/mol. The van der Waals surface area contributed by atoms with Gasteiger partial charge in [0.1, 0.15) is 5.88 Å². The SMILES string of the molecule is COC1(CN(Cc2ccn(C)n2)C(=O)CCl)CCCCC1. The molecule has 0 aliphatic heterocycles. The van der Waals surface area contributed by atoms with Gasteiger partial charge in [-0.05, 0) is 18.9 Å². The Morgan fingerprint density at radius 1 is 1.48 bits per heavy atom. The second-order valence-corrected chi connectivity index (χ2v) is 6.08. The fraction of sp³-hybridized carbons (Fsp3) is 0.733. The molecule has 0 unspecified atom stereocenters. The molecule has 1 heterocycles. The first-order chi connectivity index (χ1) is 10.1. The first-order valence-electron chi connectivity index (χ1n) is 7.46. The van der Waals surface area contributed by atoms with E-state index in [1.165, 1.54) is 6.42 Å². The highest BCUT2D eigenvalue weighted by Crippen LogP contribution is 2.32. The molecule has 6 heteroatoms. The van der Waals surface area contributed by atoms with Crippen LogP contribution in [0.5, 0.6) is 0 Å². The molecule has 2 rings (SSSR count). The number of aromatic nitrogens is 2. The van der Waals surface area contributed by atoms with E-state index in [2.05, 4.69) is 5.10 Å². The summed E-state index contributed by atoms with van der Waals surface area (Å²) >= 11 is 5.77. The van der Waals surface area contributed by atoms with Gasteiger partial charge in [-0.1, -0.05) is 19.3 Å². The van der Waals surface area contributed by atoms with E-state index >= 15 is 0 Å². The number of hydrogen-bond donors (Lipinski definition) is 0. The Morgan fingerprint density at radius 3 is 2.71 bits per heavy atom. The quantitative estimate of drug-likeness (QED) is 0.757. The van der Waals surface area contributed by atoms with Crippen molar-refractivity contribution in [3.63, 3.8) is 0 Å². The first kappa shape index (κ1) is 16.3. The van der Waals surface area contributed by atoms with Gasteiger partial charge in [0.05, 0.1) is 24.4 Å². The van der Waals surface area contributed by atoms with Gasteiger partial charge in [-0.3, -0.25) is 9.48 Å². The zero-order valence-electron chi connectivity index (χ0n) is 12.8. The predicted octanol–water partition coefficient (Wildman–Crippen LogP) is 2.34. The number of carbonyl (C=O) groups is 1. The molecule has 1 aromatic heterocycles. The average molecular weight is 314 g/mol. The van der Waals surface area contributed by atoms with E-state index in [-0.39, 0.29) is 17.4 Å². The summed E-state index contributed by atoms with van der Waals surface area (Å²) < 4.78 is 7.53. The first-order valence-corrected chi connectivity index (χ1v) is 7.99. The number of carbonyl (C=O) groups excluding carboxylic acids is 1. The van der Waals surface area contributed by atoms with Crippen LogP contribution in [0.3, 0.4) is 0 Å². The van der Waals surface area contributed by atoms with Gasteiger partial charge in [0.2, 0.25) is 5.91 Å². The minimum Gasteiger partial charge on any atom is -0.376 e. The van der Waals surface area contributed by atoms with Crippen LogP contribution in [-0.4, -0.2) is 45.7 Å². The molecule has 0 bridgehead atoms. The molecule has 5 nitrogen and oxygen atoms in total. The van der Waals surface area contributed by atoms with Crippen molar-refractivity contribution in [2.75, 3.05) is 19.5 Å². The van der Waals surface area contributed by atoms with E-state index in [1.807, 2.05) is 19.3 Å². The minimum absolute atomic E-state index is 0.00731. The van der Waals surface area contributed by atoms with Gasteiger partial charge in [0.15, 0.2) is 0 Å². The van der Waals surface area contributed by atoms with Gasteiger partial charge >= 0.3 is 0 Å². The number of rotatable bonds is 6. The standard InChI is InChI=1S/C15H24ClN3O2/c1-18-9-6-13(17-18)11-19(14(20)10-16)12-15(21-2)7-4-3-5-8-15/h6,9H,3-5,7-8,10-12H2,1-2H3. The van der Waals surface area contributed by atoms with Crippen molar-refractivity contribution in [2.45, 2.75) is 44.2 Å². The molecule has 1 amide bonds. The Bertz CT molecular complexity index is 469. The number of ether oxygens (including phenoxy) is 1. The molecule has 1 fully saturated rings. The van der Waals surface area contributed by atoms with Crippen LogP contribution in [0.15, 0.2) is 12.3 Å². The van der Waals surface area contributed by atoms with E-state index in [4.69, 9.17) is 16.3 Å². The number of alkyl halides is 1. The lowest BCUT2D eigenvalue weighted by atomic mass is 9.84. The molecule has 1 aliphatic rings. The van der Waals surface area contributed by atoms with Crippen LogP contribution >= 0.6 is 11.6 Å². The number of hydrogen-bond acceptors (Lipinski definition) is 3. The van der Waals surface area contributed by atoms with Gasteiger partial charge in [-0.15, -0.1) is 11.6 Å². The summed E-state index contributed by atoms with van der Waals surface area (Å²) in [5, 5.41) is 4.35. The summed E-state index contributed by atoms with van der Waals surface area (Å²) in [4.78, 5) is 13.9. The molecule has 1 aliphatic carbocycles. The van der Waals surface area contributed by atoms with Crippen molar-refractivity contribution in [3.8, 4) is 0 Å². The molecule has 0 spiro atoms. The van der Waals surface area contributed by atoms with Crippen molar-refractivity contribution in [2.24, 2.45) is 7.05 Å². The Labute approximate surface area is 131 Å². The summed E-state index contributed by atoms with van der Waals surface area (Å²) in [6.45, 7) is 1.07. The van der Waals surface area contributed by atoms with Crippen molar-refractivity contribution in [1.29, 1.82) is 0 Å². The number of halogens is 1. The Balaban J connectivity index is 2.09. The number of nitrogens with zero attached hydrogens (tertiary/aromatic N) is 3. The van der Waals surface area contributed by atoms with Gasteiger partial charge in [-0.25, -0.2) is 0 Å². The van der Waals surface area contributed by atoms with Crippen LogP contribution in [0.2, 0.25) is 0 Å². The molecule has 0 saturated heterocycles. The van der Waals surface area contributed by atoms with E-state index in [0.717, 1.165) is 31.4 Å². The minimum atomic E-state index is -0.227. The second-order valence-electron chi connectivity index (χ2n) is 5.81. The van der Waals surface area contributed by atoms with E-state index < -0.39 is 0 Å². The van der Waals surface area contributed by atoms with Crippen molar-refractivity contribution >= 4 is 17.5 Å². The lowest BCUT2D eigenvalue weighted by Crippen LogP contribution is -2.48. The van der Waals surface area contributed by atoms with Crippen molar-refractivity contribution < 1.29 is 9.53 Å². The lowest BCUT2D eigenvalue weighted by molar-refractivity contribution is -0.136. The fourth-order valence-corrected chi connectivity index (χ4v) is 3.20. The maximum Gasteiger partial charge on any atom is 0.237 e. The molecule has 0 radical (unpaired) electrons. The Morgan fingerprint density at radius 2 is 2.19 bits per heavy atom.